The first kappa shape index (κ1) is 21.8. The maximum Gasteiger partial charge on any atom is 0.0831 e. The number of anilines is 1. The molecule has 4 aromatic rings. The number of nitrogens with one attached hydrogen (secondary N) is 2. The lowest BCUT2D eigenvalue weighted by Crippen LogP contribution is -2.50. The van der Waals surface area contributed by atoms with Crippen LogP contribution in [0.25, 0.3) is 22.0 Å². The maximum absolute atomic E-state index is 11.2. The fraction of sp³-hybridized carbons (Fsp3) is 0.310. The second-order valence-corrected chi connectivity index (χ2v) is 11.0. The van der Waals surface area contributed by atoms with Crippen LogP contribution in [0.2, 0.25) is 0 Å². The van der Waals surface area contributed by atoms with E-state index in [1.54, 1.807) is 11.3 Å². The number of aliphatic hydroxyl groups excluding tert-OH is 1. The minimum absolute atomic E-state index is 0.0482. The number of thiophene rings is 1. The first-order valence-electron chi connectivity index (χ1n) is 11.5. The summed E-state index contributed by atoms with van der Waals surface area (Å²) >= 11 is 1.72. The van der Waals surface area contributed by atoms with Crippen LogP contribution < -0.4 is 5.32 Å². The highest BCUT2D eigenvalue weighted by Crippen LogP contribution is 2.46. The van der Waals surface area contributed by atoms with Crippen LogP contribution in [0.1, 0.15) is 59.4 Å². The summed E-state index contributed by atoms with van der Waals surface area (Å²) in [4.78, 5) is 4.73. The molecule has 1 aliphatic heterocycles. The van der Waals surface area contributed by atoms with Crippen molar-refractivity contribution in [3.05, 3.63) is 74.6 Å². The highest BCUT2D eigenvalue weighted by molar-refractivity contribution is 7.10. The van der Waals surface area contributed by atoms with Gasteiger partial charge < -0.3 is 15.4 Å². The van der Waals surface area contributed by atoms with Crippen LogP contribution >= 0.6 is 11.3 Å². The Kier molecular flexibility index (Phi) is 5.16. The fourth-order valence-electron chi connectivity index (χ4n) is 5.15. The lowest BCUT2D eigenvalue weighted by atomic mass is 9.75. The van der Waals surface area contributed by atoms with Gasteiger partial charge in [0.15, 0.2) is 0 Å². The molecule has 0 radical (unpaired) electrons. The molecule has 33 heavy (non-hydrogen) atoms. The minimum atomic E-state index is -0.521. The van der Waals surface area contributed by atoms with Crippen molar-refractivity contribution in [2.45, 2.75) is 59.1 Å². The lowest BCUT2D eigenvalue weighted by Gasteiger charge is -2.43. The number of aromatic amines is 1. The number of aryl methyl sites for hydroxylation is 3. The summed E-state index contributed by atoms with van der Waals surface area (Å²) in [5.74, 6) is 6.90. The third-order valence-electron chi connectivity index (χ3n) is 6.95. The van der Waals surface area contributed by atoms with E-state index in [1.807, 2.05) is 0 Å². The summed E-state index contributed by atoms with van der Waals surface area (Å²) in [6, 6.07) is 10.8. The highest BCUT2D eigenvalue weighted by Gasteiger charge is 2.40. The van der Waals surface area contributed by atoms with Crippen LogP contribution in [0.3, 0.4) is 0 Å². The number of aliphatic hydroxyl groups is 1. The smallest absolute Gasteiger partial charge is 0.0831 e. The Balaban J connectivity index is 1.83. The number of fused-ring (bicyclic) bond motifs is 2. The Labute approximate surface area is 199 Å². The predicted molar refractivity (Wildman–Crippen MR) is 140 cm³/mol. The molecule has 3 N–H and O–H groups in total. The van der Waals surface area contributed by atoms with Crippen molar-refractivity contribution >= 4 is 27.9 Å². The number of hydrogen-bond acceptors (Lipinski definition) is 3. The lowest BCUT2D eigenvalue weighted by molar-refractivity contribution is 0.0868. The van der Waals surface area contributed by atoms with E-state index in [1.165, 1.54) is 21.4 Å². The van der Waals surface area contributed by atoms with Crippen molar-refractivity contribution < 1.29 is 5.11 Å². The number of aromatic nitrogens is 1. The van der Waals surface area contributed by atoms with E-state index in [4.69, 9.17) is 0 Å². The molecule has 3 heterocycles. The number of para-hydroxylation sites is 1. The van der Waals surface area contributed by atoms with E-state index in [-0.39, 0.29) is 5.92 Å². The third kappa shape index (κ3) is 3.57. The molecule has 5 rings (SSSR count). The van der Waals surface area contributed by atoms with E-state index in [2.05, 4.69) is 106 Å². The van der Waals surface area contributed by atoms with Crippen molar-refractivity contribution in [1.29, 1.82) is 0 Å². The van der Waals surface area contributed by atoms with Gasteiger partial charge in [0.2, 0.25) is 0 Å². The molecule has 0 unspecified atom stereocenters. The van der Waals surface area contributed by atoms with Gasteiger partial charge in [0.05, 0.1) is 17.2 Å². The molecule has 2 aromatic heterocycles. The number of hydrogen-bond donors (Lipinski definition) is 3. The molecule has 2 aromatic carbocycles. The Bertz CT molecular complexity index is 1440. The van der Waals surface area contributed by atoms with Gasteiger partial charge >= 0.3 is 0 Å². The van der Waals surface area contributed by atoms with E-state index >= 15 is 0 Å². The van der Waals surface area contributed by atoms with Crippen molar-refractivity contribution in [1.82, 2.24) is 4.98 Å². The summed E-state index contributed by atoms with van der Waals surface area (Å²) in [5.41, 5.74) is 9.60. The van der Waals surface area contributed by atoms with Crippen LogP contribution in [0.5, 0.6) is 0 Å². The molecule has 0 aliphatic carbocycles. The van der Waals surface area contributed by atoms with Gasteiger partial charge in [-0.1, -0.05) is 37.0 Å². The summed E-state index contributed by atoms with van der Waals surface area (Å²) < 4.78 is 0. The van der Waals surface area contributed by atoms with Crippen LogP contribution in [-0.2, 0) is 0 Å². The molecular weight excluding hydrogens is 424 g/mol. The Morgan fingerprint density at radius 1 is 1.03 bits per heavy atom. The molecule has 4 heteroatoms. The van der Waals surface area contributed by atoms with E-state index < -0.39 is 11.6 Å². The summed E-state index contributed by atoms with van der Waals surface area (Å²) in [7, 11) is 0. The second-order valence-electron chi connectivity index (χ2n) is 9.88. The highest BCUT2D eigenvalue weighted by atomic mass is 32.1. The Morgan fingerprint density at radius 2 is 1.82 bits per heavy atom. The zero-order chi connectivity index (χ0) is 23.5. The average molecular weight is 455 g/mol. The van der Waals surface area contributed by atoms with Gasteiger partial charge in [-0.3, -0.25) is 0 Å². The quantitative estimate of drug-likeness (QED) is 0.274. The topological polar surface area (TPSA) is 48.0 Å². The zero-order valence-electron chi connectivity index (χ0n) is 20.1. The minimum Gasteiger partial charge on any atom is -0.390 e. The predicted octanol–water partition coefficient (Wildman–Crippen LogP) is 6.89. The van der Waals surface area contributed by atoms with Crippen molar-refractivity contribution in [2.75, 3.05) is 5.32 Å². The van der Waals surface area contributed by atoms with Gasteiger partial charge in [-0.15, -0.1) is 11.3 Å². The van der Waals surface area contributed by atoms with Crippen LogP contribution in [-0.4, -0.2) is 21.7 Å². The molecule has 0 bridgehead atoms. The monoisotopic (exact) mass is 454 g/mol. The maximum atomic E-state index is 11.2. The molecule has 168 valence electrons. The van der Waals surface area contributed by atoms with E-state index in [9.17, 15) is 5.11 Å². The van der Waals surface area contributed by atoms with Crippen LogP contribution in [0.4, 0.5) is 5.69 Å². The first-order chi connectivity index (χ1) is 15.7. The van der Waals surface area contributed by atoms with Crippen LogP contribution in [0, 0.1) is 32.6 Å². The molecule has 3 nitrogen and oxygen atoms in total. The van der Waals surface area contributed by atoms with Crippen LogP contribution in [0.15, 0.2) is 41.9 Å². The molecular formula is C29H30N2OS. The molecule has 2 atom stereocenters. The van der Waals surface area contributed by atoms with E-state index in [0.717, 1.165) is 39.0 Å². The van der Waals surface area contributed by atoms with Gasteiger partial charge in [-0.25, -0.2) is 0 Å². The Morgan fingerprint density at radius 3 is 2.55 bits per heavy atom. The molecule has 0 fully saturated rings. The van der Waals surface area contributed by atoms with Gasteiger partial charge in [-0.05, 0) is 63.4 Å². The van der Waals surface area contributed by atoms with Gasteiger partial charge in [0.25, 0.3) is 0 Å². The molecule has 0 saturated carbocycles. The fourth-order valence-corrected chi connectivity index (χ4v) is 5.79. The summed E-state index contributed by atoms with van der Waals surface area (Å²) in [6.45, 7) is 12.6. The van der Waals surface area contributed by atoms with Crippen molar-refractivity contribution in [3.8, 4) is 23.0 Å². The van der Waals surface area contributed by atoms with E-state index in [0.29, 0.717) is 0 Å². The molecule has 0 amide bonds. The Hall–Kier alpha value is -3.00. The largest absolute Gasteiger partial charge is 0.390 e. The standard InChI is InChI=1S/C29H30N2OS/c1-16-12-24(23-9-7-8-21-17(2)14-30-27(21)23)22(11-10-20-13-18(3)33-15-20)25-19(4)28(32)29(5,6)31-26(16)25/h7-9,12-15,19,28,30-32H,1-6H3/t19-,28+/m1/s1. The molecule has 0 spiro atoms. The summed E-state index contributed by atoms with van der Waals surface area (Å²) in [5, 5.41) is 18.1. The first-order valence-corrected chi connectivity index (χ1v) is 12.3. The SMILES string of the molecule is Cc1cc(C#Cc2c(-c3cccc4c(C)c[nH]c34)cc(C)c3c2[C@@H](C)[C@H](O)C(C)(C)N3)cs1. The van der Waals surface area contributed by atoms with Gasteiger partial charge in [0.1, 0.15) is 0 Å². The normalized spacial score (nSPS) is 19.0. The van der Waals surface area contributed by atoms with Crippen molar-refractivity contribution in [2.24, 2.45) is 0 Å². The van der Waals surface area contributed by atoms with Gasteiger partial charge in [0, 0.05) is 55.7 Å². The molecule has 1 aliphatic rings. The summed E-state index contributed by atoms with van der Waals surface area (Å²) in [6.07, 6.45) is 1.54. The second kappa shape index (κ2) is 7.80. The van der Waals surface area contributed by atoms with Gasteiger partial charge in [-0.2, -0.15) is 0 Å². The number of benzene rings is 2. The van der Waals surface area contributed by atoms with Crippen molar-refractivity contribution in [3.63, 3.8) is 0 Å². The molecule has 0 saturated heterocycles. The third-order valence-corrected chi connectivity index (χ3v) is 7.82. The number of H-pyrrole nitrogens is 1. The average Bonchev–Trinajstić information content (AvgIpc) is 3.37. The zero-order valence-corrected chi connectivity index (χ0v) is 20.9. The number of rotatable bonds is 1.